The van der Waals surface area contributed by atoms with Gasteiger partial charge in [-0.05, 0) is 50.6 Å². The van der Waals surface area contributed by atoms with E-state index in [2.05, 4.69) is 5.32 Å². The van der Waals surface area contributed by atoms with Crippen LogP contribution < -0.4 is 10.1 Å². The molecule has 0 saturated heterocycles. The molecule has 0 spiro atoms. The molecule has 0 fully saturated rings. The lowest BCUT2D eigenvalue weighted by Gasteiger charge is -2.28. The molecule has 0 saturated carbocycles. The highest BCUT2D eigenvalue weighted by molar-refractivity contribution is 5.94. The summed E-state index contributed by atoms with van der Waals surface area (Å²) in [6, 6.07) is 11.2. The molecule has 0 aliphatic carbocycles. The van der Waals surface area contributed by atoms with E-state index in [4.69, 9.17) is 4.74 Å². The molecule has 2 aromatic carbocycles. The van der Waals surface area contributed by atoms with Crippen molar-refractivity contribution < 1.29 is 28.6 Å². The number of benzene rings is 2. The summed E-state index contributed by atoms with van der Waals surface area (Å²) >= 11 is 0. The van der Waals surface area contributed by atoms with E-state index in [1.54, 1.807) is 18.2 Å². The van der Waals surface area contributed by atoms with Crippen LogP contribution >= 0.6 is 0 Å². The summed E-state index contributed by atoms with van der Waals surface area (Å²) in [4.78, 5) is 35.7. The Morgan fingerprint density at radius 1 is 1.15 bits per heavy atom. The molecule has 1 amide bonds. The number of carboxylic acid groups (broad SMARTS) is 1. The quantitative estimate of drug-likeness (QED) is 0.728. The lowest BCUT2D eigenvalue weighted by atomic mass is 9.91. The summed E-state index contributed by atoms with van der Waals surface area (Å²) in [5.41, 5.74) is -1.11. The van der Waals surface area contributed by atoms with Crippen molar-refractivity contribution in [2.45, 2.75) is 32.4 Å². The van der Waals surface area contributed by atoms with Crippen molar-refractivity contribution >= 4 is 17.7 Å². The maximum Gasteiger partial charge on any atom is 0.333 e. The van der Waals surface area contributed by atoms with E-state index in [1.807, 2.05) is 0 Å². The van der Waals surface area contributed by atoms with Crippen LogP contribution in [0.1, 0.15) is 36.7 Å². The van der Waals surface area contributed by atoms with Gasteiger partial charge in [0.2, 0.25) is 0 Å². The van der Waals surface area contributed by atoms with Crippen LogP contribution in [0.2, 0.25) is 0 Å². The molecule has 2 unspecified atom stereocenters. The predicted molar refractivity (Wildman–Crippen MR) is 96.1 cm³/mol. The van der Waals surface area contributed by atoms with E-state index >= 15 is 0 Å². The van der Waals surface area contributed by atoms with Crippen molar-refractivity contribution in [2.75, 3.05) is 0 Å². The summed E-state index contributed by atoms with van der Waals surface area (Å²) in [5, 5.41) is 12.0. The number of carbonyl (C=O) groups excluding carboxylic acids is 2. The lowest BCUT2D eigenvalue weighted by molar-refractivity contribution is -0.148. The maximum absolute atomic E-state index is 13.1. The van der Waals surface area contributed by atoms with Gasteiger partial charge in [-0.3, -0.25) is 9.59 Å². The van der Waals surface area contributed by atoms with Gasteiger partial charge in [0.15, 0.2) is 17.4 Å². The molecule has 7 heteroatoms. The largest absolute Gasteiger partial charge is 0.481 e. The summed E-state index contributed by atoms with van der Waals surface area (Å²) in [6.07, 6.45) is -1.02. The molecule has 0 aliphatic heterocycles. The third-order valence-corrected chi connectivity index (χ3v) is 4.15. The molecular weight excluding hydrogens is 353 g/mol. The first-order valence-electron chi connectivity index (χ1n) is 8.22. The van der Waals surface area contributed by atoms with Gasteiger partial charge in [0.1, 0.15) is 11.6 Å². The molecular formula is C20H20FNO5. The van der Waals surface area contributed by atoms with Crippen molar-refractivity contribution in [3.63, 3.8) is 0 Å². The molecule has 0 heterocycles. The number of nitrogens with one attached hydrogen (secondary N) is 1. The van der Waals surface area contributed by atoms with Crippen LogP contribution in [-0.2, 0) is 15.1 Å². The molecule has 6 nitrogen and oxygen atoms in total. The second-order valence-electron chi connectivity index (χ2n) is 6.27. The molecule has 2 rings (SSSR count). The van der Waals surface area contributed by atoms with Gasteiger partial charge in [0.05, 0.1) is 0 Å². The van der Waals surface area contributed by atoms with Crippen molar-refractivity contribution in [3.8, 4) is 5.75 Å². The Hall–Kier alpha value is -3.22. The number of ether oxygens (including phenoxy) is 1. The van der Waals surface area contributed by atoms with Gasteiger partial charge in [-0.15, -0.1) is 0 Å². The van der Waals surface area contributed by atoms with Gasteiger partial charge in [0.25, 0.3) is 5.91 Å². The van der Waals surface area contributed by atoms with E-state index in [0.717, 1.165) is 12.1 Å². The summed E-state index contributed by atoms with van der Waals surface area (Å²) in [5.74, 6) is -2.32. The predicted octanol–water partition coefficient (Wildman–Crippen LogP) is 2.91. The van der Waals surface area contributed by atoms with Crippen molar-refractivity contribution in [3.05, 3.63) is 65.5 Å². The second kappa shape index (κ2) is 7.99. The van der Waals surface area contributed by atoms with Crippen LogP contribution in [-0.4, -0.2) is 28.9 Å². The molecule has 0 radical (unpaired) electrons. The number of amides is 1. The Kier molecular flexibility index (Phi) is 5.95. The number of carbonyl (C=O) groups is 3. The fourth-order valence-electron chi connectivity index (χ4n) is 2.43. The maximum atomic E-state index is 13.1. The highest BCUT2D eigenvalue weighted by atomic mass is 19.1. The van der Waals surface area contributed by atoms with E-state index in [9.17, 15) is 23.9 Å². The molecule has 0 aromatic heterocycles. The normalized spacial score (nSPS) is 13.9. The van der Waals surface area contributed by atoms with Gasteiger partial charge in [-0.25, -0.2) is 9.18 Å². The minimum atomic E-state index is -1.76. The van der Waals surface area contributed by atoms with Crippen LogP contribution in [0.4, 0.5) is 4.39 Å². The fraction of sp³-hybridized carbons (Fsp3) is 0.250. The van der Waals surface area contributed by atoms with Gasteiger partial charge in [0, 0.05) is 5.56 Å². The first kappa shape index (κ1) is 20.1. The Morgan fingerprint density at radius 3 is 2.33 bits per heavy atom. The topological polar surface area (TPSA) is 92.7 Å². The number of aliphatic carboxylic acids is 1. The van der Waals surface area contributed by atoms with Crippen molar-refractivity contribution in [2.24, 2.45) is 0 Å². The number of rotatable bonds is 7. The number of ketones is 1. The molecule has 27 heavy (non-hydrogen) atoms. The third kappa shape index (κ3) is 4.69. The highest BCUT2D eigenvalue weighted by Gasteiger charge is 2.38. The third-order valence-electron chi connectivity index (χ3n) is 4.15. The minimum absolute atomic E-state index is 0.146. The summed E-state index contributed by atoms with van der Waals surface area (Å²) in [6.45, 7) is 4.18. The zero-order valence-electron chi connectivity index (χ0n) is 15.2. The fourth-order valence-corrected chi connectivity index (χ4v) is 2.43. The van der Waals surface area contributed by atoms with E-state index < -0.39 is 29.3 Å². The molecule has 2 N–H and O–H groups in total. The highest BCUT2D eigenvalue weighted by Crippen LogP contribution is 2.22. The number of carboxylic acids is 1. The van der Waals surface area contributed by atoms with E-state index in [0.29, 0.717) is 11.3 Å². The van der Waals surface area contributed by atoms with Gasteiger partial charge in [-0.1, -0.05) is 24.3 Å². The standard InChI is InChI=1S/C20H20FNO5/c1-12(23)14-5-4-6-17(11-14)27-13(2)18(24)22-20(3,19(25)26)15-7-9-16(21)10-8-15/h4-11,13H,1-3H3,(H,22,24)(H,25,26). The zero-order valence-corrected chi connectivity index (χ0v) is 15.2. The number of halogens is 1. The molecule has 2 atom stereocenters. The summed E-state index contributed by atoms with van der Waals surface area (Å²) in [7, 11) is 0. The lowest BCUT2D eigenvalue weighted by Crippen LogP contribution is -2.53. The Balaban J connectivity index is 2.17. The van der Waals surface area contributed by atoms with Gasteiger partial charge < -0.3 is 15.2 Å². The Bertz CT molecular complexity index is 865. The van der Waals surface area contributed by atoms with Crippen molar-refractivity contribution in [1.29, 1.82) is 0 Å². The van der Waals surface area contributed by atoms with E-state index in [-0.39, 0.29) is 11.3 Å². The van der Waals surface area contributed by atoms with Crippen LogP contribution in [0, 0.1) is 5.82 Å². The average molecular weight is 373 g/mol. The van der Waals surface area contributed by atoms with E-state index in [1.165, 1.54) is 39.0 Å². The monoisotopic (exact) mass is 373 g/mol. The van der Waals surface area contributed by atoms with Crippen LogP contribution in [0.3, 0.4) is 0 Å². The molecule has 0 aliphatic rings. The van der Waals surface area contributed by atoms with Crippen LogP contribution in [0.5, 0.6) is 5.75 Å². The first-order valence-corrected chi connectivity index (χ1v) is 8.22. The number of Topliss-reactive ketones (excluding diaryl/α,β-unsaturated/α-hetero) is 1. The van der Waals surface area contributed by atoms with Crippen LogP contribution in [0.25, 0.3) is 0 Å². The first-order chi connectivity index (χ1) is 12.6. The Labute approximate surface area is 156 Å². The SMILES string of the molecule is CC(=O)c1cccc(OC(C)C(=O)NC(C)(C(=O)O)c2ccc(F)cc2)c1. The smallest absolute Gasteiger partial charge is 0.333 e. The Morgan fingerprint density at radius 2 is 1.78 bits per heavy atom. The van der Waals surface area contributed by atoms with Gasteiger partial charge >= 0.3 is 5.97 Å². The van der Waals surface area contributed by atoms with Gasteiger partial charge in [-0.2, -0.15) is 0 Å². The number of hydrogen-bond donors (Lipinski definition) is 2. The van der Waals surface area contributed by atoms with Crippen LogP contribution in [0.15, 0.2) is 48.5 Å². The second-order valence-corrected chi connectivity index (χ2v) is 6.27. The summed E-state index contributed by atoms with van der Waals surface area (Å²) < 4.78 is 18.6. The molecule has 142 valence electrons. The average Bonchev–Trinajstić information content (AvgIpc) is 2.62. The minimum Gasteiger partial charge on any atom is -0.481 e. The zero-order chi connectivity index (χ0) is 20.2. The van der Waals surface area contributed by atoms with Crippen molar-refractivity contribution in [1.82, 2.24) is 5.32 Å². The molecule has 0 bridgehead atoms. The number of hydrogen-bond acceptors (Lipinski definition) is 4. The molecule has 2 aromatic rings.